The number of nitro groups is 1. The number of halogens is 1. The van der Waals surface area contributed by atoms with Crippen molar-refractivity contribution in [1.29, 1.82) is 0 Å². The first-order valence-electron chi connectivity index (χ1n) is 12.9. The first-order chi connectivity index (χ1) is 19.0. The van der Waals surface area contributed by atoms with Gasteiger partial charge >= 0.3 is 0 Å². The lowest BCUT2D eigenvalue weighted by atomic mass is 10.1. The molecule has 4 aromatic rings. The summed E-state index contributed by atoms with van der Waals surface area (Å²) >= 11 is 6.56. The highest BCUT2D eigenvalue weighted by Crippen LogP contribution is 2.40. The summed E-state index contributed by atoms with van der Waals surface area (Å²) in [5.74, 6) is 1.48. The lowest BCUT2D eigenvalue weighted by Gasteiger charge is -2.17. The fraction of sp³-hybridized carbons (Fsp3) is 0.333. The van der Waals surface area contributed by atoms with Crippen LogP contribution in [0.1, 0.15) is 12.8 Å². The Bertz CT molecular complexity index is 1550. The number of benzene rings is 2. The third-order valence-corrected chi connectivity index (χ3v) is 7.43. The Balaban J connectivity index is 1.31. The normalized spacial score (nSPS) is 14.8. The lowest BCUT2D eigenvalue weighted by Crippen LogP contribution is -2.26. The van der Waals surface area contributed by atoms with Gasteiger partial charge in [0.05, 0.1) is 46.7 Å². The number of rotatable bonds is 9. The average Bonchev–Trinajstić information content (AvgIpc) is 3.60. The molecule has 1 fully saturated rings. The fourth-order valence-corrected chi connectivity index (χ4v) is 5.47. The molecule has 0 amide bonds. The van der Waals surface area contributed by atoms with Crippen LogP contribution in [0.25, 0.3) is 22.2 Å². The highest BCUT2D eigenvalue weighted by Gasteiger charge is 2.23. The number of nitrogens with one attached hydrogen (secondary N) is 2. The molecule has 202 valence electrons. The van der Waals surface area contributed by atoms with Gasteiger partial charge in [0.2, 0.25) is 5.95 Å². The van der Waals surface area contributed by atoms with Crippen molar-refractivity contribution >= 4 is 45.5 Å². The zero-order valence-electron chi connectivity index (χ0n) is 21.4. The molecule has 12 heteroatoms. The van der Waals surface area contributed by atoms with E-state index in [1.54, 1.807) is 6.07 Å². The van der Waals surface area contributed by atoms with Crippen LogP contribution in [-0.2, 0) is 6.54 Å². The van der Waals surface area contributed by atoms with Crippen molar-refractivity contribution in [1.82, 2.24) is 19.4 Å². The second-order valence-corrected chi connectivity index (χ2v) is 9.96. The summed E-state index contributed by atoms with van der Waals surface area (Å²) in [4.78, 5) is 22.9. The number of likely N-dealkylation sites (tertiary alicyclic amines) is 1. The molecule has 0 aliphatic carbocycles. The first kappa shape index (κ1) is 25.2. The van der Waals surface area contributed by atoms with E-state index in [9.17, 15) is 10.1 Å². The van der Waals surface area contributed by atoms with Crippen molar-refractivity contribution < 1.29 is 14.4 Å². The van der Waals surface area contributed by atoms with E-state index in [1.165, 1.54) is 32.2 Å². The SMILES string of the molecule is COc1cc(NCCN2CCCC2)c([N+](=O)[O-])cc1Nc1ncc(Cl)c(-c2cn3c4c(cccc24)OCC3)n1. The van der Waals surface area contributed by atoms with E-state index in [1.807, 2.05) is 24.4 Å². The van der Waals surface area contributed by atoms with E-state index in [2.05, 4.69) is 25.1 Å². The van der Waals surface area contributed by atoms with Crippen molar-refractivity contribution in [2.24, 2.45) is 0 Å². The minimum absolute atomic E-state index is 0.0668. The molecule has 2 aromatic heterocycles. The van der Waals surface area contributed by atoms with Crippen LogP contribution in [0.15, 0.2) is 42.7 Å². The molecule has 2 aliphatic rings. The van der Waals surface area contributed by atoms with Crippen molar-refractivity contribution in [3.8, 4) is 22.8 Å². The molecule has 39 heavy (non-hydrogen) atoms. The predicted molar refractivity (Wildman–Crippen MR) is 151 cm³/mol. The second-order valence-electron chi connectivity index (χ2n) is 9.55. The highest BCUT2D eigenvalue weighted by molar-refractivity contribution is 6.33. The van der Waals surface area contributed by atoms with Crippen LogP contribution in [-0.4, -0.2) is 64.3 Å². The van der Waals surface area contributed by atoms with Gasteiger partial charge in [-0.25, -0.2) is 9.97 Å². The van der Waals surface area contributed by atoms with Gasteiger partial charge < -0.3 is 29.6 Å². The third-order valence-electron chi connectivity index (χ3n) is 7.15. The summed E-state index contributed by atoms with van der Waals surface area (Å²) in [7, 11) is 1.52. The van der Waals surface area contributed by atoms with Gasteiger partial charge in [-0.2, -0.15) is 0 Å². The summed E-state index contributed by atoms with van der Waals surface area (Å²) in [5.41, 5.74) is 3.10. The predicted octanol–water partition coefficient (Wildman–Crippen LogP) is 5.31. The number of nitrogens with zero attached hydrogens (tertiary/aromatic N) is 5. The number of ether oxygens (including phenoxy) is 2. The average molecular weight is 550 g/mol. The number of methoxy groups -OCH3 is 1. The quantitative estimate of drug-likeness (QED) is 0.211. The number of nitro benzene ring substituents is 1. The molecule has 0 atom stereocenters. The monoisotopic (exact) mass is 549 g/mol. The van der Waals surface area contributed by atoms with Gasteiger partial charge in [0.15, 0.2) is 0 Å². The van der Waals surface area contributed by atoms with Crippen LogP contribution in [0.5, 0.6) is 11.5 Å². The van der Waals surface area contributed by atoms with E-state index < -0.39 is 4.92 Å². The van der Waals surface area contributed by atoms with Gasteiger partial charge in [-0.1, -0.05) is 23.7 Å². The van der Waals surface area contributed by atoms with Crippen LogP contribution in [0.2, 0.25) is 5.02 Å². The van der Waals surface area contributed by atoms with Crippen LogP contribution in [0.3, 0.4) is 0 Å². The molecule has 2 N–H and O–H groups in total. The topological polar surface area (TPSA) is 120 Å². The van der Waals surface area contributed by atoms with Gasteiger partial charge in [-0.05, 0) is 32.0 Å². The molecule has 4 heterocycles. The summed E-state index contributed by atoms with van der Waals surface area (Å²) < 4.78 is 13.5. The van der Waals surface area contributed by atoms with Crippen molar-refractivity contribution in [3.05, 3.63) is 57.9 Å². The molecule has 0 bridgehead atoms. The molecular weight excluding hydrogens is 522 g/mol. The standard InChI is InChI=1S/C27H28ClN7O4/c1-38-24-14-20(29-7-10-33-8-2-3-9-33)22(35(36)37)13-21(24)31-27-30-15-19(28)25(32-27)18-16-34-11-12-39-23-6-4-5-17(18)26(23)34/h4-6,13-16,29H,2-3,7-12H2,1H3,(H,30,31,32). The van der Waals surface area contributed by atoms with Crippen molar-refractivity contribution in [2.45, 2.75) is 19.4 Å². The zero-order chi connectivity index (χ0) is 26.9. The molecule has 0 saturated carbocycles. The number of anilines is 3. The third kappa shape index (κ3) is 4.90. The van der Waals surface area contributed by atoms with Crippen LogP contribution in [0, 0.1) is 10.1 Å². The van der Waals surface area contributed by atoms with Crippen molar-refractivity contribution in [3.63, 3.8) is 0 Å². The van der Waals surface area contributed by atoms with Gasteiger partial charge in [0.25, 0.3) is 5.69 Å². The summed E-state index contributed by atoms with van der Waals surface area (Å²) in [6, 6.07) is 8.96. The number of para-hydroxylation sites is 1. The molecule has 11 nitrogen and oxygen atoms in total. The van der Waals surface area contributed by atoms with E-state index in [0.29, 0.717) is 41.0 Å². The van der Waals surface area contributed by atoms with Crippen LogP contribution in [0.4, 0.5) is 23.0 Å². The van der Waals surface area contributed by atoms with Gasteiger partial charge in [-0.15, -0.1) is 0 Å². The zero-order valence-corrected chi connectivity index (χ0v) is 22.2. The van der Waals surface area contributed by atoms with E-state index in [4.69, 9.17) is 26.1 Å². The maximum Gasteiger partial charge on any atom is 0.294 e. The first-order valence-corrected chi connectivity index (χ1v) is 13.3. The number of hydrogen-bond acceptors (Lipinski definition) is 9. The maximum absolute atomic E-state index is 11.9. The van der Waals surface area contributed by atoms with E-state index >= 15 is 0 Å². The lowest BCUT2D eigenvalue weighted by molar-refractivity contribution is -0.383. The molecule has 0 unspecified atom stereocenters. The van der Waals surface area contributed by atoms with Crippen LogP contribution >= 0.6 is 11.6 Å². The van der Waals surface area contributed by atoms with Crippen LogP contribution < -0.4 is 20.1 Å². The van der Waals surface area contributed by atoms with E-state index in [-0.39, 0.29) is 11.6 Å². The highest BCUT2D eigenvalue weighted by atomic mass is 35.5. The Kier molecular flexibility index (Phi) is 6.84. The fourth-order valence-electron chi connectivity index (χ4n) is 5.28. The molecule has 2 aliphatic heterocycles. The summed E-state index contributed by atoms with van der Waals surface area (Å²) in [5, 5.41) is 19.6. The number of aromatic nitrogens is 3. The maximum atomic E-state index is 11.9. The largest absolute Gasteiger partial charge is 0.494 e. The van der Waals surface area contributed by atoms with Gasteiger partial charge in [0, 0.05) is 42.4 Å². The molecule has 2 aromatic carbocycles. The van der Waals surface area contributed by atoms with E-state index in [0.717, 1.165) is 48.4 Å². The number of hydrogen-bond donors (Lipinski definition) is 2. The summed E-state index contributed by atoms with van der Waals surface area (Å²) in [6.07, 6.45) is 5.92. The van der Waals surface area contributed by atoms with Crippen molar-refractivity contribution in [2.75, 3.05) is 50.5 Å². The molecule has 1 saturated heterocycles. The molecule has 0 radical (unpaired) electrons. The molecular formula is C27H28ClN7O4. The van der Waals surface area contributed by atoms with Gasteiger partial charge in [0.1, 0.15) is 23.8 Å². The summed E-state index contributed by atoms with van der Waals surface area (Å²) in [6.45, 7) is 4.86. The van der Waals surface area contributed by atoms with Gasteiger partial charge in [-0.3, -0.25) is 10.1 Å². The Morgan fingerprint density at radius 2 is 2.05 bits per heavy atom. The Hall–Kier alpha value is -4.09. The Labute approximate surface area is 229 Å². The molecule has 6 rings (SSSR count). The molecule has 0 spiro atoms. The minimum atomic E-state index is -0.410. The minimum Gasteiger partial charge on any atom is -0.494 e. The Morgan fingerprint density at radius 3 is 2.85 bits per heavy atom. The Morgan fingerprint density at radius 1 is 1.21 bits per heavy atom. The smallest absolute Gasteiger partial charge is 0.294 e. The second kappa shape index (κ2) is 10.6.